The molecule has 1 amide bonds. The van der Waals surface area contributed by atoms with Crippen molar-refractivity contribution in [2.45, 2.75) is 24.0 Å². The third-order valence-electron chi connectivity index (χ3n) is 2.56. The molecule has 1 atom stereocenters. The lowest BCUT2D eigenvalue weighted by Crippen LogP contribution is -2.32. The number of carbonyl (C=O) groups is 1. The van der Waals surface area contributed by atoms with Gasteiger partial charge < -0.3 is 10.1 Å². The minimum Gasteiger partial charge on any atom is -0.497 e. The SMILES string of the molecule is COc1ccc2c(c1)SC(C(C)C)C(=O)N2. The van der Waals surface area contributed by atoms with Gasteiger partial charge >= 0.3 is 0 Å². The molecule has 1 heterocycles. The van der Waals surface area contributed by atoms with Gasteiger partial charge in [-0.05, 0) is 24.1 Å². The Morgan fingerprint density at radius 2 is 2.19 bits per heavy atom. The van der Waals surface area contributed by atoms with E-state index in [-0.39, 0.29) is 11.2 Å². The molecule has 1 aromatic carbocycles. The lowest BCUT2D eigenvalue weighted by Gasteiger charge is -2.26. The number of amides is 1. The van der Waals surface area contributed by atoms with E-state index in [9.17, 15) is 4.79 Å². The Hall–Kier alpha value is -1.16. The number of hydrogen-bond donors (Lipinski definition) is 1. The van der Waals surface area contributed by atoms with E-state index in [2.05, 4.69) is 19.2 Å². The second-order valence-electron chi connectivity index (χ2n) is 4.13. The Labute approximate surface area is 99.6 Å². The van der Waals surface area contributed by atoms with Crippen molar-refractivity contribution in [1.29, 1.82) is 0 Å². The molecular weight excluding hydrogens is 222 g/mol. The van der Waals surface area contributed by atoms with E-state index in [4.69, 9.17) is 4.74 Å². The summed E-state index contributed by atoms with van der Waals surface area (Å²) in [4.78, 5) is 12.9. The van der Waals surface area contributed by atoms with Crippen molar-refractivity contribution in [3.05, 3.63) is 18.2 Å². The minimum absolute atomic E-state index is 0.0143. The maximum Gasteiger partial charge on any atom is 0.238 e. The van der Waals surface area contributed by atoms with E-state index in [1.54, 1.807) is 18.9 Å². The maximum absolute atomic E-state index is 11.8. The van der Waals surface area contributed by atoms with Crippen LogP contribution in [0.2, 0.25) is 0 Å². The predicted octanol–water partition coefficient (Wildman–Crippen LogP) is 2.76. The molecule has 0 bridgehead atoms. The zero-order valence-electron chi connectivity index (χ0n) is 9.61. The molecule has 1 aliphatic rings. The molecule has 0 spiro atoms. The van der Waals surface area contributed by atoms with E-state index >= 15 is 0 Å². The first-order chi connectivity index (χ1) is 7.61. The van der Waals surface area contributed by atoms with Crippen LogP contribution in [0, 0.1) is 5.92 Å². The van der Waals surface area contributed by atoms with Crippen LogP contribution >= 0.6 is 11.8 Å². The fourth-order valence-corrected chi connectivity index (χ4v) is 2.81. The Balaban J connectivity index is 2.32. The lowest BCUT2D eigenvalue weighted by atomic mass is 10.1. The second kappa shape index (κ2) is 4.37. The number of hydrogen-bond acceptors (Lipinski definition) is 3. The third-order valence-corrected chi connectivity index (χ3v) is 4.17. The van der Waals surface area contributed by atoms with Gasteiger partial charge in [-0.3, -0.25) is 4.79 Å². The molecule has 0 radical (unpaired) electrons. The van der Waals surface area contributed by atoms with E-state index in [0.29, 0.717) is 5.92 Å². The largest absolute Gasteiger partial charge is 0.497 e. The van der Waals surface area contributed by atoms with Crippen molar-refractivity contribution in [1.82, 2.24) is 0 Å². The Bertz CT molecular complexity index is 417. The summed E-state index contributed by atoms with van der Waals surface area (Å²) in [6.45, 7) is 4.12. The molecule has 1 aliphatic heterocycles. The first-order valence-electron chi connectivity index (χ1n) is 5.27. The zero-order chi connectivity index (χ0) is 11.7. The predicted molar refractivity (Wildman–Crippen MR) is 66.1 cm³/mol. The molecule has 2 rings (SSSR count). The third kappa shape index (κ3) is 2.02. The summed E-state index contributed by atoms with van der Waals surface area (Å²) in [5.74, 6) is 1.24. The van der Waals surface area contributed by atoms with Gasteiger partial charge in [0.1, 0.15) is 5.75 Å². The highest BCUT2D eigenvalue weighted by Crippen LogP contribution is 2.40. The van der Waals surface area contributed by atoms with Crippen LogP contribution in [-0.2, 0) is 4.79 Å². The highest BCUT2D eigenvalue weighted by molar-refractivity contribution is 8.01. The van der Waals surface area contributed by atoms with Crippen molar-refractivity contribution < 1.29 is 9.53 Å². The van der Waals surface area contributed by atoms with Gasteiger partial charge in [0.15, 0.2) is 0 Å². The first-order valence-corrected chi connectivity index (χ1v) is 6.15. The Kier molecular flexibility index (Phi) is 3.10. The van der Waals surface area contributed by atoms with Crippen LogP contribution in [-0.4, -0.2) is 18.3 Å². The number of carbonyl (C=O) groups excluding carboxylic acids is 1. The average Bonchev–Trinajstić information content (AvgIpc) is 2.27. The molecule has 4 heteroatoms. The molecule has 0 fully saturated rings. The number of anilines is 1. The van der Waals surface area contributed by atoms with Gasteiger partial charge in [-0.15, -0.1) is 11.8 Å². The second-order valence-corrected chi connectivity index (χ2v) is 5.32. The van der Waals surface area contributed by atoms with Crippen LogP contribution in [0.15, 0.2) is 23.1 Å². The smallest absolute Gasteiger partial charge is 0.238 e. The fourth-order valence-electron chi connectivity index (χ4n) is 1.66. The van der Waals surface area contributed by atoms with Crippen molar-refractivity contribution >= 4 is 23.4 Å². The quantitative estimate of drug-likeness (QED) is 0.859. The monoisotopic (exact) mass is 237 g/mol. The van der Waals surface area contributed by atoms with Crippen molar-refractivity contribution in [2.24, 2.45) is 5.92 Å². The summed E-state index contributed by atoms with van der Waals surface area (Å²) in [6.07, 6.45) is 0. The van der Waals surface area contributed by atoms with Crippen molar-refractivity contribution in [3.8, 4) is 5.75 Å². The molecule has 86 valence electrons. The summed E-state index contributed by atoms with van der Waals surface area (Å²) >= 11 is 1.61. The van der Waals surface area contributed by atoms with Gasteiger partial charge in [0.2, 0.25) is 5.91 Å². The number of nitrogens with one attached hydrogen (secondary N) is 1. The summed E-state index contributed by atoms with van der Waals surface area (Å²) in [5.41, 5.74) is 0.882. The molecule has 16 heavy (non-hydrogen) atoms. The van der Waals surface area contributed by atoms with Gasteiger partial charge in [0, 0.05) is 4.90 Å². The molecule has 1 unspecified atom stereocenters. The molecule has 3 nitrogen and oxygen atoms in total. The summed E-state index contributed by atoms with van der Waals surface area (Å²) < 4.78 is 5.18. The number of ether oxygens (including phenoxy) is 1. The number of methoxy groups -OCH3 is 1. The van der Waals surface area contributed by atoms with Crippen LogP contribution in [0.1, 0.15) is 13.8 Å². The standard InChI is InChI=1S/C12H15NO2S/c1-7(2)11-12(14)13-9-5-4-8(15-3)6-10(9)16-11/h4-7,11H,1-3H3,(H,13,14). The van der Waals surface area contributed by atoms with E-state index < -0.39 is 0 Å². The first kappa shape index (κ1) is 11.3. The number of rotatable bonds is 2. The van der Waals surface area contributed by atoms with Crippen LogP contribution in [0.25, 0.3) is 0 Å². The fraction of sp³-hybridized carbons (Fsp3) is 0.417. The number of benzene rings is 1. The van der Waals surface area contributed by atoms with Crippen LogP contribution in [0.4, 0.5) is 5.69 Å². The van der Waals surface area contributed by atoms with E-state index in [1.165, 1.54) is 0 Å². The van der Waals surface area contributed by atoms with Gasteiger partial charge in [-0.25, -0.2) is 0 Å². The molecular formula is C12H15NO2S. The number of thioether (sulfide) groups is 1. The summed E-state index contributed by atoms with van der Waals surface area (Å²) in [7, 11) is 1.65. The maximum atomic E-state index is 11.8. The Morgan fingerprint density at radius 3 is 2.81 bits per heavy atom. The number of fused-ring (bicyclic) bond motifs is 1. The molecule has 1 aromatic rings. The highest BCUT2D eigenvalue weighted by Gasteiger charge is 2.29. The molecule has 0 saturated heterocycles. The topological polar surface area (TPSA) is 38.3 Å². The minimum atomic E-state index is -0.0143. The van der Waals surface area contributed by atoms with E-state index in [1.807, 2.05) is 18.2 Å². The molecule has 1 N–H and O–H groups in total. The van der Waals surface area contributed by atoms with Gasteiger partial charge in [-0.1, -0.05) is 13.8 Å². The zero-order valence-corrected chi connectivity index (χ0v) is 10.4. The van der Waals surface area contributed by atoms with Crippen molar-refractivity contribution in [3.63, 3.8) is 0 Å². The molecule has 0 aliphatic carbocycles. The summed E-state index contributed by atoms with van der Waals surface area (Å²) in [5, 5.41) is 2.91. The van der Waals surface area contributed by atoms with Gasteiger partial charge in [0.05, 0.1) is 18.0 Å². The van der Waals surface area contributed by atoms with Crippen LogP contribution < -0.4 is 10.1 Å². The lowest BCUT2D eigenvalue weighted by molar-refractivity contribution is -0.116. The highest BCUT2D eigenvalue weighted by atomic mass is 32.2. The normalized spacial score (nSPS) is 19.2. The Morgan fingerprint density at radius 1 is 1.44 bits per heavy atom. The van der Waals surface area contributed by atoms with E-state index in [0.717, 1.165) is 16.3 Å². The van der Waals surface area contributed by atoms with Crippen LogP contribution in [0.5, 0.6) is 5.75 Å². The van der Waals surface area contributed by atoms with Gasteiger partial charge in [0.25, 0.3) is 0 Å². The summed E-state index contributed by atoms with van der Waals surface area (Å²) in [6, 6.07) is 5.71. The molecule has 0 saturated carbocycles. The molecule has 0 aromatic heterocycles. The van der Waals surface area contributed by atoms with Gasteiger partial charge in [-0.2, -0.15) is 0 Å². The average molecular weight is 237 g/mol. The van der Waals surface area contributed by atoms with Crippen molar-refractivity contribution in [2.75, 3.05) is 12.4 Å². The van der Waals surface area contributed by atoms with Crippen LogP contribution in [0.3, 0.4) is 0 Å².